The van der Waals surface area contributed by atoms with E-state index in [-0.39, 0.29) is 18.2 Å². The summed E-state index contributed by atoms with van der Waals surface area (Å²) >= 11 is 0. The molecule has 0 spiro atoms. The summed E-state index contributed by atoms with van der Waals surface area (Å²) in [6.07, 6.45) is 0. The smallest absolute Gasteiger partial charge is 0.269 e. The summed E-state index contributed by atoms with van der Waals surface area (Å²) in [4.78, 5) is 23.3. The van der Waals surface area contributed by atoms with Crippen molar-refractivity contribution < 1.29 is 9.66 Å². The number of aryl methyl sites for hydroxylation is 1. The monoisotopic (exact) mass is 380 g/mol. The third-order valence-corrected chi connectivity index (χ3v) is 3.99. The van der Waals surface area contributed by atoms with Crippen molar-refractivity contribution in [2.24, 2.45) is 10.7 Å². The Bertz CT molecular complexity index is 1030. The number of nitrogens with two attached hydrogens (primary N) is 1. The molecule has 3 N–H and O–H groups in total. The van der Waals surface area contributed by atoms with E-state index in [1.165, 1.54) is 12.1 Å². The summed E-state index contributed by atoms with van der Waals surface area (Å²) in [5, 5.41) is 14.5. The van der Waals surface area contributed by atoms with Crippen LogP contribution in [0.1, 0.15) is 18.2 Å². The van der Waals surface area contributed by atoms with Crippen LogP contribution >= 0.6 is 0 Å². The quantitative estimate of drug-likeness (QED) is 0.291. The molecule has 9 heteroatoms. The first-order chi connectivity index (χ1) is 13.5. The molecule has 0 unspecified atom stereocenters. The van der Waals surface area contributed by atoms with E-state index in [0.717, 1.165) is 27.9 Å². The maximum atomic E-state index is 10.7. The van der Waals surface area contributed by atoms with Crippen LogP contribution in [0.2, 0.25) is 0 Å². The Morgan fingerprint density at radius 3 is 2.68 bits per heavy atom. The molecule has 0 radical (unpaired) electrons. The lowest BCUT2D eigenvalue weighted by molar-refractivity contribution is -0.384. The minimum atomic E-state index is -0.445. The van der Waals surface area contributed by atoms with Gasteiger partial charge in [-0.25, -0.2) is 15.0 Å². The molecule has 9 nitrogen and oxygen atoms in total. The molecular formula is C19H20N6O3. The second-order valence-electron chi connectivity index (χ2n) is 5.99. The van der Waals surface area contributed by atoms with E-state index in [1.807, 2.05) is 32.0 Å². The number of anilines is 1. The predicted molar refractivity (Wildman–Crippen MR) is 107 cm³/mol. The average Bonchev–Trinajstić information content (AvgIpc) is 2.67. The SMILES string of the molecule is CCOc1ccc2nc(NC(N)=NCc3ccc([N+](=O)[O-])cc3)nc(C)c2c1. The maximum Gasteiger partial charge on any atom is 0.269 e. The highest BCUT2D eigenvalue weighted by molar-refractivity contribution is 5.92. The van der Waals surface area contributed by atoms with Crippen molar-refractivity contribution in [2.75, 3.05) is 11.9 Å². The third kappa shape index (κ3) is 4.50. The standard InChI is InChI=1S/C19H20N6O3/c1-3-28-15-8-9-17-16(10-15)12(2)22-19(23-17)24-18(20)21-11-13-4-6-14(7-5-13)25(26)27/h4-10H,3,11H2,1-2H3,(H3,20,21,22,23,24). The summed E-state index contributed by atoms with van der Waals surface area (Å²) in [6.45, 7) is 4.68. The molecule has 1 aromatic heterocycles. The number of non-ortho nitro benzene ring substituents is 1. The molecule has 0 atom stereocenters. The van der Waals surface area contributed by atoms with Gasteiger partial charge in [-0.2, -0.15) is 0 Å². The number of hydrogen-bond acceptors (Lipinski definition) is 6. The van der Waals surface area contributed by atoms with Crippen molar-refractivity contribution in [3.63, 3.8) is 0 Å². The summed E-state index contributed by atoms with van der Waals surface area (Å²) in [6, 6.07) is 11.8. The predicted octanol–water partition coefficient (Wildman–Crippen LogP) is 3.17. The number of rotatable bonds is 6. The molecule has 0 aliphatic rings. The highest BCUT2D eigenvalue weighted by atomic mass is 16.6. The largest absolute Gasteiger partial charge is 0.494 e. The van der Waals surface area contributed by atoms with Crippen LogP contribution in [-0.4, -0.2) is 27.5 Å². The molecule has 0 aliphatic carbocycles. The maximum absolute atomic E-state index is 10.7. The number of nitrogens with one attached hydrogen (secondary N) is 1. The van der Waals surface area contributed by atoms with Gasteiger partial charge in [0, 0.05) is 17.5 Å². The fourth-order valence-electron chi connectivity index (χ4n) is 2.63. The Labute approximate surface area is 161 Å². The molecule has 2 aromatic carbocycles. The molecule has 0 saturated carbocycles. The van der Waals surface area contributed by atoms with Gasteiger partial charge < -0.3 is 10.5 Å². The number of aliphatic imine (C=N–C) groups is 1. The fourth-order valence-corrected chi connectivity index (χ4v) is 2.63. The lowest BCUT2D eigenvalue weighted by Gasteiger charge is -2.09. The Morgan fingerprint density at radius 1 is 1.25 bits per heavy atom. The summed E-state index contributed by atoms with van der Waals surface area (Å²) < 4.78 is 5.51. The first-order valence-electron chi connectivity index (χ1n) is 8.67. The van der Waals surface area contributed by atoms with E-state index in [9.17, 15) is 10.1 Å². The van der Waals surface area contributed by atoms with E-state index < -0.39 is 4.92 Å². The molecule has 3 aromatic rings. The average molecular weight is 380 g/mol. The molecule has 0 fully saturated rings. The van der Waals surface area contributed by atoms with Crippen LogP contribution in [0.4, 0.5) is 11.6 Å². The zero-order valence-electron chi connectivity index (χ0n) is 15.5. The number of guanidine groups is 1. The lowest BCUT2D eigenvalue weighted by Crippen LogP contribution is -2.24. The minimum Gasteiger partial charge on any atom is -0.494 e. The van der Waals surface area contributed by atoms with Crippen molar-refractivity contribution in [2.45, 2.75) is 20.4 Å². The summed E-state index contributed by atoms with van der Waals surface area (Å²) in [5.74, 6) is 1.27. The van der Waals surface area contributed by atoms with Crippen molar-refractivity contribution in [3.05, 3.63) is 63.8 Å². The highest BCUT2D eigenvalue weighted by Gasteiger charge is 2.08. The second kappa shape index (κ2) is 8.30. The highest BCUT2D eigenvalue weighted by Crippen LogP contribution is 2.23. The Kier molecular flexibility index (Phi) is 5.64. The van der Waals surface area contributed by atoms with Gasteiger partial charge in [-0.3, -0.25) is 15.4 Å². The number of aromatic nitrogens is 2. The van der Waals surface area contributed by atoms with Gasteiger partial charge in [0.25, 0.3) is 5.69 Å². The molecule has 1 heterocycles. The van der Waals surface area contributed by atoms with Crippen LogP contribution in [0.15, 0.2) is 47.5 Å². The van der Waals surface area contributed by atoms with Crippen LogP contribution < -0.4 is 15.8 Å². The van der Waals surface area contributed by atoms with Gasteiger partial charge in [0.2, 0.25) is 5.95 Å². The van der Waals surface area contributed by atoms with Gasteiger partial charge in [-0.1, -0.05) is 12.1 Å². The van der Waals surface area contributed by atoms with Crippen LogP contribution in [-0.2, 0) is 6.54 Å². The molecule has 0 aliphatic heterocycles. The molecule has 0 saturated heterocycles. The Hall–Kier alpha value is -3.75. The number of hydrogen-bond donors (Lipinski definition) is 2. The number of nitro benzene ring substituents is 1. The van der Waals surface area contributed by atoms with E-state index in [0.29, 0.717) is 12.6 Å². The first kappa shape index (κ1) is 19.0. The zero-order chi connectivity index (χ0) is 20.1. The molecule has 0 amide bonds. The van der Waals surface area contributed by atoms with Gasteiger partial charge in [0.15, 0.2) is 5.96 Å². The van der Waals surface area contributed by atoms with Crippen LogP contribution in [0.3, 0.4) is 0 Å². The van der Waals surface area contributed by atoms with E-state index in [1.54, 1.807) is 12.1 Å². The van der Waals surface area contributed by atoms with Gasteiger partial charge in [-0.15, -0.1) is 0 Å². The first-order valence-corrected chi connectivity index (χ1v) is 8.67. The Balaban J connectivity index is 1.73. The normalized spacial score (nSPS) is 11.4. The van der Waals surface area contributed by atoms with Gasteiger partial charge in [0.05, 0.1) is 29.3 Å². The molecule has 144 valence electrons. The second-order valence-corrected chi connectivity index (χ2v) is 5.99. The van der Waals surface area contributed by atoms with Crippen LogP contribution in [0.5, 0.6) is 5.75 Å². The summed E-state index contributed by atoms with van der Waals surface area (Å²) in [5.41, 5.74) is 8.31. The van der Waals surface area contributed by atoms with Crippen molar-refractivity contribution in [1.82, 2.24) is 9.97 Å². The molecule has 0 bridgehead atoms. The fraction of sp³-hybridized carbons (Fsp3) is 0.211. The Morgan fingerprint density at radius 2 is 2.00 bits per heavy atom. The van der Waals surface area contributed by atoms with Crippen LogP contribution in [0.25, 0.3) is 10.9 Å². The van der Waals surface area contributed by atoms with Gasteiger partial charge in [0.1, 0.15) is 5.75 Å². The van der Waals surface area contributed by atoms with Crippen molar-refractivity contribution in [3.8, 4) is 5.75 Å². The number of benzene rings is 2. The number of nitro groups is 1. The number of ether oxygens (including phenoxy) is 1. The molecular weight excluding hydrogens is 360 g/mol. The number of fused-ring (bicyclic) bond motifs is 1. The van der Waals surface area contributed by atoms with E-state index in [4.69, 9.17) is 10.5 Å². The zero-order valence-corrected chi connectivity index (χ0v) is 15.5. The van der Waals surface area contributed by atoms with Crippen LogP contribution in [0, 0.1) is 17.0 Å². The van der Waals surface area contributed by atoms with Gasteiger partial charge in [-0.05, 0) is 37.6 Å². The summed E-state index contributed by atoms with van der Waals surface area (Å²) in [7, 11) is 0. The minimum absolute atomic E-state index is 0.0337. The third-order valence-electron chi connectivity index (χ3n) is 3.99. The lowest BCUT2D eigenvalue weighted by atomic mass is 10.2. The molecule has 3 rings (SSSR count). The molecule has 28 heavy (non-hydrogen) atoms. The van der Waals surface area contributed by atoms with Gasteiger partial charge >= 0.3 is 0 Å². The number of nitrogens with zero attached hydrogens (tertiary/aromatic N) is 4. The van der Waals surface area contributed by atoms with E-state index in [2.05, 4.69) is 20.3 Å². The van der Waals surface area contributed by atoms with Crippen molar-refractivity contribution >= 4 is 28.5 Å². The van der Waals surface area contributed by atoms with Crippen molar-refractivity contribution in [1.29, 1.82) is 0 Å². The topological polar surface area (TPSA) is 129 Å². The van der Waals surface area contributed by atoms with E-state index >= 15 is 0 Å².